The molecule has 1 N–H and O–H groups in total. The van der Waals surface area contributed by atoms with E-state index in [1.807, 2.05) is 37.3 Å². The van der Waals surface area contributed by atoms with Gasteiger partial charge in [-0.15, -0.1) is 0 Å². The monoisotopic (exact) mass is 488 g/mol. The maximum absolute atomic E-state index is 13.3. The lowest BCUT2D eigenvalue weighted by Gasteiger charge is -2.32. The van der Waals surface area contributed by atoms with Crippen molar-refractivity contribution in [3.63, 3.8) is 0 Å². The minimum atomic E-state index is -3.87. The highest BCUT2D eigenvalue weighted by Crippen LogP contribution is 2.32. The molecule has 0 aliphatic carbocycles. The van der Waals surface area contributed by atoms with Gasteiger partial charge in [0.25, 0.3) is 5.91 Å². The Morgan fingerprint density at radius 1 is 1.15 bits per heavy atom. The summed E-state index contributed by atoms with van der Waals surface area (Å²) in [6.45, 7) is 4.18. The van der Waals surface area contributed by atoms with Crippen LogP contribution in [0, 0.1) is 0 Å². The van der Waals surface area contributed by atoms with E-state index in [0.29, 0.717) is 19.5 Å². The van der Waals surface area contributed by atoms with Crippen molar-refractivity contribution >= 4 is 21.9 Å². The summed E-state index contributed by atoms with van der Waals surface area (Å²) in [5.74, 6) is -1.05. The van der Waals surface area contributed by atoms with Crippen LogP contribution in [0.3, 0.4) is 0 Å². The number of nitrogens with zero attached hydrogens (tertiary/aromatic N) is 1. The molecule has 9 heteroatoms. The van der Waals surface area contributed by atoms with Crippen molar-refractivity contribution in [2.75, 3.05) is 20.2 Å². The van der Waals surface area contributed by atoms with Crippen LogP contribution in [0.4, 0.5) is 0 Å². The fraction of sp³-hybridized carbons (Fsp3) is 0.440. The molecule has 1 amide bonds. The highest BCUT2D eigenvalue weighted by molar-refractivity contribution is 7.89. The van der Waals surface area contributed by atoms with Gasteiger partial charge >= 0.3 is 5.97 Å². The highest BCUT2D eigenvalue weighted by atomic mass is 32.2. The molecule has 1 aliphatic rings. The van der Waals surface area contributed by atoms with Crippen molar-refractivity contribution in [1.82, 2.24) is 9.62 Å². The third-order valence-corrected chi connectivity index (χ3v) is 7.97. The maximum Gasteiger partial charge on any atom is 0.338 e. The Kier molecular flexibility index (Phi) is 8.68. The fourth-order valence-electron chi connectivity index (χ4n) is 3.96. The number of amides is 1. The minimum Gasteiger partial charge on any atom is -0.495 e. The summed E-state index contributed by atoms with van der Waals surface area (Å²) in [5, 5.41) is 2.75. The molecule has 2 aromatic rings. The van der Waals surface area contributed by atoms with Gasteiger partial charge in [0, 0.05) is 19.1 Å². The van der Waals surface area contributed by atoms with Gasteiger partial charge in [-0.2, -0.15) is 4.31 Å². The van der Waals surface area contributed by atoms with Crippen molar-refractivity contribution in [2.45, 2.75) is 56.6 Å². The number of hydrogen-bond donors (Lipinski definition) is 1. The molecule has 8 nitrogen and oxygen atoms in total. The zero-order valence-corrected chi connectivity index (χ0v) is 20.6. The maximum atomic E-state index is 13.3. The van der Waals surface area contributed by atoms with Crippen LogP contribution in [0.25, 0.3) is 0 Å². The topological polar surface area (TPSA) is 102 Å². The Balaban J connectivity index is 1.68. The second kappa shape index (κ2) is 11.5. The second-order valence-corrected chi connectivity index (χ2v) is 10.3. The quantitative estimate of drug-likeness (QED) is 0.544. The molecule has 1 fully saturated rings. The number of carbonyl (C=O) groups is 2. The molecule has 2 unspecified atom stereocenters. The molecule has 2 atom stereocenters. The molecule has 2 aromatic carbocycles. The van der Waals surface area contributed by atoms with Crippen molar-refractivity contribution in [3.8, 4) is 5.75 Å². The Bertz CT molecular complexity index is 1100. The number of ether oxygens (including phenoxy) is 2. The number of nitrogens with one attached hydrogen (secondary N) is 1. The molecule has 0 saturated carbocycles. The van der Waals surface area contributed by atoms with Crippen molar-refractivity contribution in [3.05, 3.63) is 59.7 Å². The Morgan fingerprint density at radius 2 is 1.88 bits per heavy atom. The van der Waals surface area contributed by atoms with Gasteiger partial charge in [-0.1, -0.05) is 36.8 Å². The first-order chi connectivity index (χ1) is 16.2. The van der Waals surface area contributed by atoms with Crippen molar-refractivity contribution in [1.29, 1.82) is 0 Å². The van der Waals surface area contributed by atoms with E-state index in [4.69, 9.17) is 9.47 Å². The molecule has 1 aliphatic heterocycles. The van der Waals surface area contributed by atoms with E-state index in [-0.39, 0.29) is 22.3 Å². The SMILES string of the molecule is COc1ccc(C(=O)OC(C)C(=O)NCCc2ccccc2)cc1S(=O)(=O)N1CCCCC1C. The van der Waals surface area contributed by atoms with Gasteiger partial charge in [-0.05, 0) is 56.9 Å². The predicted molar refractivity (Wildman–Crippen MR) is 128 cm³/mol. The Labute approximate surface area is 201 Å². The lowest BCUT2D eigenvalue weighted by Crippen LogP contribution is -2.42. The zero-order chi connectivity index (χ0) is 24.7. The number of piperidine rings is 1. The van der Waals surface area contributed by atoms with Crippen LogP contribution < -0.4 is 10.1 Å². The van der Waals surface area contributed by atoms with Crippen LogP contribution in [-0.4, -0.2) is 56.9 Å². The number of carbonyl (C=O) groups excluding carboxylic acids is 2. The summed E-state index contributed by atoms with van der Waals surface area (Å²) < 4.78 is 38.7. The number of esters is 1. The first-order valence-electron chi connectivity index (χ1n) is 11.5. The average Bonchev–Trinajstić information content (AvgIpc) is 2.84. The molecule has 0 bridgehead atoms. The normalized spacial score (nSPS) is 17.6. The minimum absolute atomic E-state index is 0.0352. The highest BCUT2D eigenvalue weighted by Gasteiger charge is 2.34. The van der Waals surface area contributed by atoms with Crippen LogP contribution in [0.15, 0.2) is 53.4 Å². The van der Waals surface area contributed by atoms with E-state index in [0.717, 1.165) is 24.8 Å². The first-order valence-corrected chi connectivity index (χ1v) is 12.9. The van der Waals surface area contributed by atoms with E-state index in [2.05, 4.69) is 5.32 Å². The fourth-order valence-corrected chi connectivity index (χ4v) is 5.84. The summed E-state index contributed by atoms with van der Waals surface area (Å²) in [6, 6.07) is 13.7. The summed E-state index contributed by atoms with van der Waals surface area (Å²) >= 11 is 0. The van der Waals surface area contributed by atoms with Crippen LogP contribution in [-0.2, 0) is 26.0 Å². The average molecular weight is 489 g/mol. The Morgan fingerprint density at radius 3 is 2.56 bits per heavy atom. The number of sulfonamides is 1. The summed E-state index contributed by atoms with van der Waals surface area (Å²) in [5.41, 5.74) is 1.12. The molecular weight excluding hydrogens is 456 g/mol. The predicted octanol–water partition coefficient (Wildman–Crippen LogP) is 3.16. The van der Waals surface area contributed by atoms with Crippen LogP contribution in [0.1, 0.15) is 49.0 Å². The van der Waals surface area contributed by atoms with E-state index < -0.39 is 28.0 Å². The van der Waals surface area contributed by atoms with Gasteiger partial charge in [-0.25, -0.2) is 13.2 Å². The largest absolute Gasteiger partial charge is 0.495 e. The number of rotatable bonds is 9. The molecule has 184 valence electrons. The molecule has 0 radical (unpaired) electrons. The van der Waals surface area contributed by atoms with Crippen LogP contribution in [0.2, 0.25) is 0 Å². The molecule has 1 heterocycles. The van der Waals surface area contributed by atoms with Crippen molar-refractivity contribution < 1.29 is 27.5 Å². The molecule has 0 spiro atoms. The van der Waals surface area contributed by atoms with Crippen LogP contribution >= 0.6 is 0 Å². The van der Waals surface area contributed by atoms with Crippen molar-refractivity contribution in [2.24, 2.45) is 0 Å². The van der Waals surface area contributed by atoms with Gasteiger partial charge in [0.05, 0.1) is 12.7 Å². The lowest BCUT2D eigenvalue weighted by molar-refractivity contribution is -0.129. The summed E-state index contributed by atoms with van der Waals surface area (Å²) in [7, 11) is -2.49. The smallest absolute Gasteiger partial charge is 0.338 e. The van der Waals surface area contributed by atoms with Gasteiger partial charge in [0.1, 0.15) is 10.6 Å². The van der Waals surface area contributed by atoms with E-state index in [9.17, 15) is 18.0 Å². The zero-order valence-electron chi connectivity index (χ0n) is 19.8. The number of methoxy groups -OCH3 is 1. The second-order valence-electron chi connectivity index (χ2n) is 8.40. The molecular formula is C25H32N2O6S. The third kappa shape index (κ3) is 6.15. The standard InChI is InChI=1S/C25H32N2O6S/c1-18-9-7-8-16-27(18)34(30,31)23-17-21(12-13-22(23)32-3)25(29)33-19(2)24(28)26-15-14-20-10-5-4-6-11-20/h4-6,10-13,17-19H,7-9,14-16H2,1-3H3,(H,26,28). The number of hydrogen-bond acceptors (Lipinski definition) is 6. The van der Waals surface area contributed by atoms with Gasteiger partial charge < -0.3 is 14.8 Å². The number of benzene rings is 2. The van der Waals surface area contributed by atoms with E-state index >= 15 is 0 Å². The molecule has 34 heavy (non-hydrogen) atoms. The molecule has 1 saturated heterocycles. The summed E-state index contributed by atoms with van der Waals surface area (Å²) in [6.07, 6.45) is 2.15. The Hall–Kier alpha value is -2.91. The van der Waals surface area contributed by atoms with E-state index in [1.54, 1.807) is 0 Å². The van der Waals surface area contributed by atoms with Crippen LogP contribution in [0.5, 0.6) is 5.75 Å². The molecule has 0 aromatic heterocycles. The lowest BCUT2D eigenvalue weighted by atomic mass is 10.1. The van der Waals surface area contributed by atoms with E-state index in [1.165, 1.54) is 36.5 Å². The van der Waals surface area contributed by atoms with Gasteiger partial charge in [0.15, 0.2) is 6.10 Å². The van der Waals surface area contributed by atoms with Gasteiger partial charge in [0.2, 0.25) is 10.0 Å². The summed E-state index contributed by atoms with van der Waals surface area (Å²) in [4.78, 5) is 25.0. The molecule has 3 rings (SSSR count). The first kappa shape index (κ1) is 25.7. The third-order valence-electron chi connectivity index (χ3n) is 5.94. The van der Waals surface area contributed by atoms with Gasteiger partial charge in [-0.3, -0.25) is 4.79 Å².